The molecule has 0 aliphatic rings. The number of aromatic nitrogens is 2. The van der Waals surface area contributed by atoms with Crippen molar-refractivity contribution in [2.45, 2.75) is 33.2 Å². The van der Waals surface area contributed by atoms with E-state index in [2.05, 4.69) is 15.5 Å². The SMILES string of the molecule is Cc1cc(C(=O)NCCC(C)N)c2c(C)noc2n1.Cl. The minimum absolute atomic E-state index is 0. The van der Waals surface area contributed by atoms with E-state index in [9.17, 15) is 4.79 Å². The molecule has 7 heteroatoms. The van der Waals surface area contributed by atoms with Gasteiger partial charge in [0.25, 0.3) is 11.6 Å². The van der Waals surface area contributed by atoms with Crippen LogP contribution in [-0.4, -0.2) is 28.6 Å². The van der Waals surface area contributed by atoms with Gasteiger partial charge in [-0.25, -0.2) is 4.98 Å². The second-order valence-corrected chi connectivity index (χ2v) is 4.78. The van der Waals surface area contributed by atoms with Crippen LogP contribution in [0.1, 0.15) is 35.1 Å². The van der Waals surface area contributed by atoms with Gasteiger partial charge in [0, 0.05) is 18.3 Å². The number of rotatable bonds is 4. The largest absolute Gasteiger partial charge is 0.352 e. The topological polar surface area (TPSA) is 94.0 Å². The molecule has 0 saturated carbocycles. The molecule has 3 N–H and O–H groups in total. The van der Waals surface area contributed by atoms with Gasteiger partial charge in [-0.2, -0.15) is 0 Å². The van der Waals surface area contributed by atoms with Crippen LogP contribution < -0.4 is 11.1 Å². The number of amides is 1. The molecule has 0 bridgehead atoms. The van der Waals surface area contributed by atoms with Crippen molar-refractivity contribution in [2.24, 2.45) is 5.73 Å². The Bertz CT molecular complexity index is 610. The molecule has 2 aromatic rings. The van der Waals surface area contributed by atoms with Crippen molar-refractivity contribution in [1.29, 1.82) is 0 Å². The number of aryl methyl sites for hydroxylation is 2. The van der Waals surface area contributed by atoms with Gasteiger partial charge < -0.3 is 15.6 Å². The fourth-order valence-corrected chi connectivity index (χ4v) is 1.91. The molecule has 2 rings (SSSR count). The Hall–Kier alpha value is -1.66. The van der Waals surface area contributed by atoms with Gasteiger partial charge in [0.2, 0.25) is 0 Å². The molecule has 1 unspecified atom stereocenters. The average Bonchev–Trinajstić information content (AvgIpc) is 2.69. The molecule has 0 aliphatic heterocycles. The molecule has 1 atom stereocenters. The molecule has 1 amide bonds. The zero-order valence-electron chi connectivity index (χ0n) is 11.8. The van der Waals surface area contributed by atoms with Gasteiger partial charge in [-0.3, -0.25) is 4.79 Å². The van der Waals surface area contributed by atoms with Gasteiger partial charge in [0.15, 0.2) is 0 Å². The minimum atomic E-state index is -0.151. The summed E-state index contributed by atoms with van der Waals surface area (Å²) >= 11 is 0. The lowest BCUT2D eigenvalue weighted by Crippen LogP contribution is -2.29. The Labute approximate surface area is 123 Å². The van der Waals surface area contributed by atoms with E-state index in [0.717, 1.165) is 12.1 Å². The Morgan fingerprint density at radius 1 is 1.50 bits per heavy atom. The normalized spacial score (nSPS) is 12.0. The van der Waals surface area contributed by atoms with E-state index in [-0.39, 0.29) is 24.4 Å². The Kier molecular flexibility index (Phi) is 5.47. The average molecular weight is 299 g/mol. The van der Waals surface area contributed by atoms with Gasteiger partial charge in [-0.15, -0.1) is 12.4 Å². The standard InChI is InChI=1S/C13H18N4O2.ClH/c1-7(14)4-5-15-12(18)10-6-8(2)16-13-11(10)9(3)17-19-13;/h6-7H,4-5,14H2,1-3H3,(H,15,18);1H. The van der Waals surface area contributed by atoms with Gasteiger partial charge in [-0.1, -0.05) is 5.16 Å². The number of halogens is 1. The molecule has 0 aliphatic carbocycles. The van der Waals surface area contributed by atoms with Crippen molar-refractivity contribution in [2.75, 3.05) is 6.54 Å². The van der Waals surface area contributed by atoms with E-state index < -0.39 is 0 Å². The van der Waals surface area contributed by atoms with Crippen molar-refractivity contribution in [3.63, 3.8) is 0 Å². The maximum atomic E-state index is 12.2. The molecule has 110 valence electrons. The summed E-state index contributed by atoms with van der Waals surface area (Å²) in [7, 11) is 0. The predicted molar refractivity (Wildman–Crippen MR) is 79.1 cm³/mol. The van der Waals surface area contributed by atoms with Gasteiger partial charge in [0.05, 0.1) is 16.6 Å². The maximum absolute atomic E-state index is 12.2. The second-order valence-electron chi connectivity index (χ2n) is 4.78. The third-order valence-electron chi connectivity index (χ3n) is 2.88. The number of carbonyl (C=O) groups excluding carboxylic acids is 1. The molecule has 2 heterocycles. The zero-order chi connectivity index (χ0) is 14.0. The summed E-state index contributed by atoms with van der Waals surface area (Å²) in [5, 5.41) is 7.37. The Balaban J connectivity index is 0.00000200. The third-order valence-corrected chi connectivity index (χ3v) is 2.88. The number of hydrogen-bond donors (Lipinski definition) is 2. The molecule has 0 radical (unpaired) electrons. The fraction of sp³-hybridized carbons (Fsp3) is 0.462. The quantitative estimate of drug-likeness (QED) is 0.896. The lowest BCUT2D eigenvalue weighted by Gasteiger charge is -2.08. The van der Waals surface area contributed by atoms with Crippen LogP contribution in [-0.2, 0) is 0 Å². The monoisotopic (exact) mass is 298 g/mol. The number of nitrogens with two attached hydrogens (primary N) is 1. The van der Waals surface area contributed by atoms with Crippen LogP contribution in [0.5, 0.6) is 0 Å². The smallest absolute Gasteiger partial charge is 0.258 e. The maximum Gasteiger partial charge on any atom is 0.258 e. The van der Waals surface area contributed by atoms with Crippen LogP contribution >= 0.6 is 12.4 Å². The molecule has 0 spiro atoms. The van der Waals surface area contributed by atoms with E-state index in [4.69, 9.17) is 10.3 Å². The van der Waals surface area contributed by atoms with Crippen molar-refractivity contribution in [1.82, 2.24) is 15.5 Å². The molecule has 6 nitrogen and oxygen atoms in total. The Morgan fingerprint density at radius 3 is 2.85 bits per heavy atom. The second kappa shape index (κ2) is 6.67. The third kappa shape index (κ3) is 3.46. The van der Waals surface area contributed by atoms with Crippen molar-refractivity contribution >= 4 is 29.4 Å². The van der Waals surface area contributed by atoms with Gasteiger partial charge in [-0.05, 0) is 33.3 Å². The molecule has 2 aromatic heterocycles. The summed E-state index contributed by atoms with van der Waals surface area (Å²) in [6, 6.07) is 1.81. The highest BCUT2D eigenvalue weighted by Crippen LogP contribution is 2.21. The van der Waals surface area contributed by atoms with Crippen LogP contribution in [0.2, 0.25) is 0 Å². The molecule has 20 heavy (non-hydrogen) atoms. The molecular formula is C13H19ClN4O2. The number of hydrogen-bond acceptors (Lipinski definition) is 5. The van der Waals surface area contributed by atoms with Gasteiger partial charge in [0.1, 0.15) is 0 Å². The number of nitrogens with one attached hydrogen (secondary N) is 1. The van der Waals surface area contributed by atoms with Crippen LogP contribution in [0.3, 0.4) is 0 Å². The fourth-order valence-electron chi connectivity index (χ4n) is 1.91. The van der Waals surface area contributed by atoms with E-state index >= 15 is 0 Å². The summed E-state index contributed by atoms with van der Waals surface area (Å²) in [6.45, 7) is 6.06. The highest BCUT2D eigenvalue weighted by atomic mass is 35.5. The first-order valence-electron chi connectivity index (χ1n) is 6.26. The number of nitrogens with zero attached hydrogens (tertiary/aromatic N) is 2. The summed E-state index contributed by atoms with van der Waals surface area (Å²) < 4.78 is 5.10. The molecule has 0 fully saturated rings. The molecular weight excluding hydrogens is 280 g/mol. The van der Waals surface area contributed by atoms with E-state index in [1.807, 2.05) is 13.8 Å². The summed E-state index contributed by atoms with van der Waals surface area (Å²) in [6.07, 6.45) is 0.738. The van der Waals surface area contributed by atoms with E-state index in [1.54, 1.807) is 13.0 Å². The minimum Gasteiger partial charge on any atom is -0.352 e. The molecule has 0 aromatic carbocycles. The van der Waals surface area contributed by atoms with E-state index in [1.165, 1.54) is 0 Å². The van der Waals surface area contributed by atoms with E-state index in [0.29, 0.717) is 28.9 Å². The first kappa shape index (κ1) is 16.4. The first-order valence-corrected chi connectivity index (χ1v) is 6.26. The summed E-state index contributed by atoms with van der Waals surface area (Å²) in [5.74, 6) is -0.151. The predicted octanol–water partition coefficient (Wildman–Crippen LogP) is 1.73. The van der Waals surface area contributed by atoms with Gasteiger partial charge >= 0.3 is 0 Å². The van der Waals surface area contributed by atoms with Crippen LogP contribution in [0.25, 0.3) is 11.1 Å². The van der Waals surface area contributed by atoms with Crippen molar-refractivity contribution in [3.05, 3.63) is 23.0 Å². The highest BCUT2D eigenvalue weighted by Gasteiger charge is 2.17. The lowest BCUT2D eigenvalue weighted by molar-refractivity contribution is 0.0954. The lowest BCUT2D eigenvalue weighted by atomic mass is 10.1. The number of fused-ring (bicyclic) bond motifs is 1. The van der Waals surface area contributed by atoms with Crippen LogP contribution in [0, 0.1) is 13.8 Å². The number of carbonyl (C=O) groups is 1. The summed E-state index contributed by atoms with van der Waals surface area (Å²) in [5.41, 5.74) is 7.99. The van der Waals surface area contributed by atoms with Crippen LogP contribution in [0.15, 0.2) is 10.6 Å². The molecule has 0 saturated heterocycles. The summed E-state index contributed by atoms with van der Waals surface area (Å²) in [4.78, 5) is 16.4. The number of pyridine rings is 1. The zero-order valence-corrected chi connectivity index (χ0v) is 12.6. The highest BCUT2D eigenvalue weighted by molar-refractivity contribution is 6.05. The van der Waals surface area contributed by atoms with Crippen molar-refractivity contribution < 1.29 is 9.32 Å². The van der Waals surface area contributed by atoms with Crippen LogP contribution in [0.4, 0.5) is 0 Å². The first-order chi connectivity index (χ1) is 8.99. The van der Waals surface area contributed by atoms with Crippen molar-refractivity contribution in [3.8, 4) is 0 Å². The Morgan fingerprint density at radius 2 is 2.20 bits per heavy atom.